The summed E-state index contributed by atoms with van der Waals surface area (Å²) in [7, 11) is 0. The summed E-state index contributed by atoms with van der Waals surface area (Å²) in [4.78, 5) is 6.24. The maximum Gasteiger partial charge on any atom is 0.0895 e. The number of aliphatic hydroxyl groups excluding tert-OH is 1. The molecular formula is C11H14N2O. The second kappa shape index (κ2) is 3.80. The Hall–Kier alpha value is -1.35. The first-order valence-electron chi connectivity index (χ1n) is 4.82. The molecule has 1 atom stereocenters. The van der Waals surface area contributed by atoms with Crippen LogP contribution in [0.2, 0.25) is 0 Å². The lowest BCUT2D eigenvalue weighted by Crippen LogP contribution is -2.18. The van der Waals surface area contributed by atoms with Gasteiger partial charge in [0.25, 0.3) is 0 Å². The zero-order valence-electron chi connectivity index (χ0n) is 8.22. The molecule has 1 heterocycles. The minimum Gasteiger partial charge on any atom is -0.389 e. The van der Waals surface area contributed by atoms with E-state index in [9.17, 15) is 5.11 Å². The Morgan fingerprint density at radius 3 is 3.00 bits per heavy atom. The molecule has 0 fully saturated rings. The average molecular weight is 190 g/mol. The quantitative estimate of drug-likeness (QED) is 0.768. The van der Waals surface area contributed by atoms with Crippen molar-refractivity contribution in [3.63, 3.8) is 0 Å². The zero-order chi connectivity index (χ0) is 9.97. The Morgan fingerprint density at radius 2 is 2.36 bits per heavy atom. The van der Waals surface area contributed by atoms with Gasteiger partial charge in [-0.15, -0.1) is 0 Å². The van der Waals surface area contributed by atoms with Gasteiger partial charge in [-0.1, -0.05) is 12.1 Å². The van der Waals surface area contributed by atoms with Crippen molar-refractivity contribution in [3.05, 3.63) is 29.8 Å². The lowest BCUT2D eigenvalue weighted by atomic mass is 10.1. The van der Waals surface area contributed by atoms with Crippen LogP contribution in [0.25, 0.3) is 0 Å². The molecule has 0 aromatic heterocycles. The Labute approximate surface area is 83.7 Å². The van der Waals surface area contributed by atoms with Crippen molar-refractivity contribution in [2.45, 2.75) is 13.0 Å². The molecule has 1 N–H and O–H groups in total. The van der Waals surface area contributed by atoms with Crippen LogP contribution in [0.1, 0.15) is 18.6 Å². The molecule has 0 spiro atoms. The van der Waals surface area contributed by atoms with Gasteiger partial charge in [0, 0.05) is 12.2 Å². The Bertz CT molecular complexity index is 347. The largest absolute Gasteiger partial charge is 0.389 e. The third-order valence-corrected chi connectivity index (χ3v) is 2.38. The minimum atomic E-state index is -0.408. The Kier molecular flexibility index (Phi) is 2.50. The second-order valence-electron chi connectivity index (χ2n) is 3.49. The molecule has 0 saturated carbocycles. The standard InChI is InChI=1S/C11H14N2O/c1-9(14)10-3-2-4-11(7-10)13-6-5-12-8-13/h2-4,7-9,14H,5-6H2,1H3. The van der Waals surface area contributed by atoms with Crippen molar-refractivity contribution >= 4 is 12.0 Å². The molecule has 0 aliphatic carbocycles. The second-order valence-corrected chi connectivity index (χ2v) is 3.49. The summed E-state index contributed by atoms with van der Waals surface area (Å²) in [5.74, 6) is 0. The van der Waals surface area contributed by atoms with Gasteiger partial charge in [0.1, 0.15) is 0 Å². The van der Waals surface area contributed by atoms with Crippen LogP contribution in [0.5, 0.6) is 0 Å². The molecule has 3 heteroatoms. The summed E-state index contributed by atoms with van der Waals surface area (Å²) in [5, 5.41) is 9.44. The van der Waals surface area contributed by atoms with Crippen LogP contribution in [0.4, 0.5) is 5.69 Å². The topological polar surface area (TPSA) is 35.8 Å². The smallest absolute Gasteiger partial charge is 0.0895 e. The fraction of sp³-hybridized carbons (Fsp3) is 0.364. The van der Waals surface area contributed by atoms with E-state index in [1.807, 2.05) is 30.6 Å². The van der Waals surface area contributed by atoms with E-state index >= 15 is 0 Å². The molecule has 0 bridgehead atoms. The number of rotatable bonds is 2. The summed E-state index contributed by atoms with van der Waals surface area (Å²) in [6.07, 6.45) is 1.44. The number of aliphatic hydroxyl groups is 1. The zero-order valence-corrected chi connectivity index (χ0v) is 8.22. The van der Waals surface area contributed by atoms with Gasteiger partial charge in [0.05, 0.1) is 19.0 Å². The van der Waals surface area contributed by atoms with Crippen LogP contribution in [0.15, 0.2) is 29.3 Å². The van der Waals surface area contributed by atoms with Gasteiger partial charge in [-0.25, -0.2) is 0 Å². The maximum atomic E-state index is 9.44. The first-order chi connectivity index (χ1) is 6.77. The van der Waals surface area contributed by atoms with E-state index < -0.39 is 6.10 Å². The summed E-state index contributed by atoms with van der Waals surface area (Å²) >= 11 is 0. The average Bonchev–Trinajstić information content (AvgIpc) is 2.71. The maximum absolute atomic E-state index is 9.44. The molecule has 1 aromatic carbocycles. The highest BCUT2D eigenvalue weighted by Gasteiger charge is 2.09. The first kappa shape index (κ1) is 9.21. The summed E-state index contributed by atoms with van der Waals surface area (Å²) in [6.45, 7) is 3.57. The number of nitrogens with zero attached hydrogens (tertiary/aromatic N) is 2. The van der Waals surface area contributed by atoms with Crippen molar-refractivity contribution < 1.29 is 5.11 Å². The molecule has 1 aromatic rings. The minimum absolute atomic E-state index is 0.408. The summed E-state index contributed by atoms with van der Waals surface area (Å²) in [6, 6.07) is 7.93. The lowest BCUT2D eigenvalue weighted by molar-refractivity contribution is 0.199. The Balaban J connectivity index is 2.25. The van der Waals surface area contributed by atoms with Crippen molar-refractivity contribution in [2.24, 2.45) is 4.99 Å². The SMILES string of the molecule is CC(O)c1cccc(N2C=NCC2)c1. The van der Waals surface area contributed by atoms with Crippen molar-refractivity contribution in [1.82, 2.24) is 0 Å². The van der Waals surface area contributed by atoms with E-state index in [1.165, 1.54) is 0 Å². The Morgan fingerprint density at radius 1 is 1.50 bits per heavy atom. The molecular weight excluding hydrogens is 176 g/mol. The fourth-order valence-corrected chi connectivity index (χ4v) is 1.54. The molecule has 74 valence electrons. The fourth-order valence-electron chi connectivity index (χ4n) is 1.54. The molecule has 0 radical (unpaired) electrons. The van der Waals surface area contributed by atoms with E-state index in [0.29, 0.717) is 0 Å². The van der Waals surface area contributed by atoms with E-state index in [0.717, 1.165) is 24.3 Å². The van der Waals surface area contributed by atoms with Gasteiger partial charge in [0.2, 0.25) is 0 Å². The van der Waals surface area contributed by atoms with Crippen molar-refractivity contribution in [1.29, 1.82) is 0 Å². The van der Waals surface area contributed by atoms with E-state index in [1.54, 1.807) is 6.92 Å². The van der Waals surface area contributed by atoms with Crippen LogP contribution >= 0.6 is 0 Å². The summed E-state index contributed by atoms with van der Waals surface area (Å²) in [5.41, 5.74) is 2.05. The van der Waals surface area contributed by atoms with Crippen LogP contribution in [0.3, 0.4) is 0 Å². The van der Waals surface area contributed by atoms with E-state index in [-0.39, 0.29) is 0 Å². The first-order valence-corrected chi connectivity index (χ1v) is 4.82. The monoisotopic (exact) mass is 190 g/mol. The van der Waals surface area contributed by atoms with E-state index in [4.69, 9.17) is 0 Å². The molecule has 1 unspecified atom stereocenters. The number of hydrogen-bond donors (Lipinski definition) is 1. The number of aliphatic imine (C=N–C) groups is 1. The normalized spacial score (nSPS) is 17.4. The number of anilines is 1. The number of benzene rings is 1. The van der Waals surface area contributed by atoms with Gasteiger partial charge in [-0.3, -0.25) is 4.99 Å². The highest BCUT2D eigenvalue weighted by Crippen LogP contribution is 2.20. The molecule has 2 rings (SSSR count). The van der Waals surface area contributed by atoms with Crippen LogP contribution in [-0.2, 0) is 0 Å². The lowest BCUT2D eigenvalue weighted by Gasteiger charge is -2.15. The highest BCUT2D eigenvalue weighted by atomic mass is 16.3. The predicted octanol–water partition coefficient (Wildman–Crippen LogP) is 1.59. The van der Waals surface area contributed by atoms with E-state index in [2.05, 4.69) is 9.89 Å². The van der Waals surface area contributed by atoms with Crippen molar-refractivity contribution in [2.75, 3.05) is 18.0 Å². The number of hydrogen-bond acceptors (Lipinski definition) is 3. The van der Waals surface area contributed by atoms with Crippen LogP contribution in [-0.4, -0.2) is 24.5 Å². The predicted molar refractivity (Wildman–Crippen MR) is 57.8 cm³/mol. The van der Waals surface area contributed by atoms with Crippen LogP contribution in [0, 0.1) is 0 Å². The third-order valence-electron chi connectivity index (χ3n) is 2.38. The molecule has 14 heavy (non-hydrogen) atoms. The van der Waals surface area contributed by atoms with Gasteiger partial charge >= 0.3 is 0 Å². The van der Waals surface area contributed by atoms with Gasteiger partial charge < -0.3 is 10.0 Å². The molecule has 1 aliphatic heterocycles. The van der Waals surface area contributed by atoms with Gasteiger partial charge in [-0.2, -0.15) is 0 Å². The molecule has 0 saturated heterocycles. The van der Waals surface area contributed by atoms with Gasteiger partial charge in [0.15, 0.2) is 0 Å². The van der Waals surface area contributed by atoms with Gasteiger partial charge in [-0.05, 0) is 24.6 Å². The molecule has 1 aliphatic rings. The molecule has 0 amide bonds. The third kappa shape index (κ3) is 1.77. The summed E-state index contributed by atoms with van der Waals surface area (Å²) < 4.78 is 0. The van der Waals surface area contributed by atoms with Crippen LogP contribution < -0.4 is 4.90 Å². The molecule has 3 nitrogen and oxygen atoms in total. The highest BCUT2D eigenvalue weighted by molar-refractivity contribution is 5.81. The van der Waals surface area contributed by atoms with Crippen molar-refractivity contribution in [3.8, 4) is 0 Å².